The number of anilines is 1. The molecule has 0 aliphatic rings. The maximum atomic E-state index is 12.2. The number of nitrogens with zero attached hydrogens (tertiary/aromatic N) is 2. The summed E-state index contributed by atoms with van der Waals surface area (Å²) in [6, 6.07) is 25.8. The lowest BCUT2D eigenvalue weighted by Gasteiger charge is -2.09. The number of amides is 1. The van der Waals surface area contributed by atoms with Crippen molar-refractivity contribution in [1.29, 1.82) is 0 Å². The normalized spacial score (nSPS) is 10.4. The molecule has 0 aliphatic carbocycles. The van der Waals surface area contributed by atoms with Crippen molar-refractivity contribution in [3.63, 3.8) is 0 Å². The topological polar surface area (TPSA) is 86.5 Å². The molecule has 30 heavy (non-hydrogen) atoms. The van der Waals surface area contributed by atoms with Crippen molar-refractivity contribution in [2.45, 2.75) is 6.61 Å². The molecule has 0 saturated carbocycles. The molecule has 0 unspecified atom stereocenters. The Bertz CT molecular complexity index is 1100. The highest BCUT2D eigenvalue weighted by molar-refractivity contribution is 5.91. The lowest BCUT2D eigenvalue weighted by molar-refractivity contribution is -0.118. The summed E-state index contributed by atoms with van der Waals surface area (Å²) in [5.41, 5.74) is 1.33. The number of rotatable bonds is 8. The zero-order valence-corrected chi connectivity index (χ0v) is 16.0. The zero-order chi connectivity index (χ0) is 20.6. The molecule has 0 aliphatic heterocycles. The van der Waals surface area contributed by atoms with Crippen molar-refractivity contribution in [2.75, 3.05) is 11.9 Å². The van der Waals surface area contributed by atoms with Gasteiger partial charge in [0.15, 0.2) is 13.2 Å². The highest BCUT2D eigenvalue weighted by atomic mass is 16.5. The van der Waals surface area contributed by atoms with Crippen LogP contribution in [0.4, 0.5) is 5.69 Å². The van der Waals surface area contributed by atoms with Gasteiger partial charge in [0.25, 0.3) is 11.8 Å². The van der Waals surface area contributed by atoms with E-state index in [1.165, 1.54) is 0 Å². The maximum absolute atomic E-state index is 12.2. The quantitative estimate of drug-likeness (QED) is 0.473. The molecule has 0 saturated heterocycles. The largest absolute Gasteiger partial charge is 0.484 e. The molecule has 0 bridgehead atoms. The first-order valence-corrected chi connectivity index (χ1v) is 9.35. The van der Waals surface area contributed by atoms with E-state index in [1.54, 1.807) is 12.1 Å². The molecule has 1 heterocycles. The number of aromatic nitrogens is 2. The Morgan fingerprint density at radius 2 is 1.57 bits per heavy atom. The number of nitrogens with one attached hydrogen (secondary N) is 1. The van der Waals surface area contributed by atoms with Gasteiger partial charge < -0.3 is 19.3 Å². The second kappa shape index (κ2) is 9.38. The van der Waals surface area contributed by atoms with Gasteiger partial charge in [-0.3, -0.25) is 4.79 Å². The number of ether oxygens (including phenoxy) is 2. The molecule has 1 amide bonds. The molecule has 1 N–H and O–H groups in total. The van der Waals surface area contributed by atoms with Crippen molar-refractivity contribution in [1.82, 2.24) is 10.1 Å². The van der Waals surface area contributed by atoms with Gasteiger partial charge in [0.1, 0.15) is 11.5 Å². The molecular weight excluding hydrogens is 382 g/mol. The molecular formula is C23H19N3O4. The van der Waals surface area contributed by atoms with Crippen LogP contribution < -0.4 is 14.8 Å². The molecule has 0 atom stereocenters. The fraction of sp³-hybridized carbons (Fsp3) is 0.0870. The van der Waals surface area contributed by atoms with Crippen LogP contribution >= 0.6 is 0 Å². The van der Waals surface area contributed by atoms with Crippen molar-refractivity contribution in [2.24, 2.45) is 0 Å². The molecule has 150 valence electrons. The van der Waals surface area contributed by atoms with E-state index in [0.29, 0.717) is 34.5 Å². The molecule has 4 rings (SSSR count). The minimum absolute atomic E-state index is 0.145. The highest BCUT2D eigenvalue weighted by Crippen LogP contribution is 2.27. The Labute approximate surface area is 173 Å². The second-order valence-corrected chi connectivity index (χ2v) is 6.31. The summed E-state index contributed by atoms with van der Waals surface area (Å²) in [6.45, 7) is 0.00720. The predicted molar refractivity (Wildman–Crippen MR) is 111 cm³/mol. The monoisotopic (exact) mass is 401 g/mol. The van der Waals surface area contributed by atoms with Gasteiger partial charge in [-0.15, -0.1) is 0 Å². The third-order valence-electron chi connectivity index (χ3n) is 4.12. The van der Waals surface area contributed by atoms with Crippen molar-refractivity contribution in [3.8, 4) is 22.9 Å². The summed E-state index contributed by atoms with van der Waals surface area (Å²) in [7, 11) is 0. The first-order chi connectivity index (χ1) is 14.8. The number of benzene rings is 3. The number of carbonyl (C=O) groups excluding carboxylic acids is 1. The van der Waals surface area contributed by atoms with Crippen LogP contribution in [0.5, 0.6) is 11.5 Å². The van der Waals surface area contributed by atoms with E-state index in [1.807, 2.05) is 72.8 Å². The van der Waals surface area contributed by atoms with Gasteiger partial charge in [-0.25, -0.2) is 0 Å². The van der Waals surface area contributed by atoms with E-state index in [-0.39, 0.29) is 19.1 Å². The summed E-state index contributed by atoms with van der Waals surface area (Å²) >= 11 is 0. The molecule has 0 spiro atoms. The van der Waals surface area contributed by atoms with Gasteiger partial charge in [0.2, 0.25) is 5.82 Å². The molecule has 7 heteroatoms. The molecule has 7 nitrogen and oxygen atoms in total. The second-order valence-electron chi connectivity index (χ2n) is 6.31. The van der Waals surface area contributed by atoms with Crippen molar-refractivity contribution in [3.05, 3.63) is 90.8 Å². The highest BCUT2D eigenvalue weighted by Gasteiger charge is 2.15. The van der Waals surface area contributed by atoms with Crippen LogP contribution in [0.25, 0.3) is 11.4 Å². The number of hydrogen-bond acceptors (Lipinski definition) is 6. The van der Waals surface area contributed by atoms with Crippen LogP contribution in [0.1, 0.15) is 5.89 Å². The summed E-state index contributed by atoms with van der Waals surface area (Å²) in [5, 5.41) is 6.79. The average Bonchev–Trinajstić information content (AvgIpc) is 3.27. The molecule has 0 fully saturated rings. The SMILES string of the molecule is O=C(COc1ccccc1-c1noc(COc2ccccc2)n1)Nc1ccccc1. The van der Waals surface area contributed by atoms with Gasteiger partial charge in [-0.2, -0.15) is 4.98 Å². The predicted octanol–water partition coefficient (Wildman–Crippen LogP) is 4.33. The Balaban J connectivity index is 1.39. The third kappa shape index (κ3) is 5.02. The van der Waals surface area contributed by atoms with Gasteiger partial charge in [-0.1, -0.05) is 53.7 Å². The molecule has 1 aromatic heterocycles. The maximum Gasteiger partial charge on any atom is 0.264 e. The smallest absolute Gasteiger partial charge is 0.264 e. The fourth-order valence-corrected chi connectivity index (χ4v) is 2.72. The van der Waals surface area contributed by atoms with E-state index in [2.05, 4.69) is 15.5 Å². The Morgan fingerprint density at radius 3 is 2.37 bits per heavy atom. The summed E-state index contributed by atoms with van der Waals surface area (Å²) in [4.78, 5) is 16.5. The Hall–Kier alpha value is -4.13. The number of para-hydroxylation sites is 3. The third-order valence-corrected chi connectivity index (χ3v) is 4.12. The lowest BCUT2D eigenvalue weighted by atomic mass is 10.2. The van der Waals surface area contributed by atoms with Gasteiger partial charge in [-0.05, 0) is 36.4 Å². The summed E-state index contributed by atoms with van der Waals surface area (Å²) < 4.78 is 16.6. The lowest BCUT2D eigenvalue weighted by Crippen LogP contribution is -2.20. The van der Waals surface area contributed by atoms with Crippen molar-refractivity contribution >= 4 is 11.6 Å². The minimum Gasteiger partial charge on any atom is -0.484 e. The average molecular weight is 401 g/mol. The van der Waals surface area contributed by atoms with E-state index in [4.69, 9.17) is 14.0 Å². The Morgan fingerprint density at radius 1 is 0.867 bits per heavy atom. The molecule has 4 aromatic rings. The Kier molecular flexibility index (Phi) is 6.00. The zero-order valence-electron chi connectivity index (χ0n) is 16.0. The van der Waals surface area contributed by atoms with Crippen molar-refractivity contribution < 1.29 is 18.8 Å². The van der Waals surface area contributed by atoms with Crippen LogP contribution in [0.2, 0.25) is 0 Å². The van der Waals surface area contributed by atoms with Crippen LogP contribution in [0.3, 0.4) is 0 Å². The fourth-order valence-electron chi connectivity index (χ4n) is 2.72. The van der Waals surface area contributed by atoms with Gasteiger partial charge in [0.05, 0.1) is 5.56 Å². The van der Waals surface area contributed by atoms with E-state index < -0.39 is 0 Å². The van der Waals surface area contributed by atoms with E-state index >= 15 is 0 Å². The standard InChI is InChI=1S/C23H19N3O4/c27-21(24-17-9-3-1-4-10-17)15-29-20-14-8-7-13-19(20)23-25-22(30-26-23)16-28-18-11-5-2-6-12-18/h1-14H,15-16H2,(H,24,27). The number of carbonyl (C=O) groups is 1. The van der Waals surface area contributed by atoms with Crippen LogP contribution in [0, 0.1) is 0 Å². The molecule has 3 aromatic carbocycles. The summed E-state index contributed by atoms with van der Waals surface area (Å²) in [5.74, 6) is 1.63. The minimum atomic E-state index is -0.263. The van der Waals surface area contributed by atoms with Gasteiger partial charge >= 0.3 is 0 Å². The van der Waals surface area contributed by atoms with Gasteiger partial charge in [0, 0.05) is 5.69 Å². The number of hydrogen-bond donors (Lipinski definition) is 1. The van der Waals surface area contributed by atoms with Crippen LogP contribution in [-0.2, 0) is 11.4 Å². The summed E-state index contributed by atoms with van der Waals surface area (Å²) in [6.07, 6.45) is 0. The molecule has 0 radical (unpaired) electrons. The van der Waals surface area contributed by atoms with E-state index in [0.717, 1.165) is 0 Å². The van der Waals surface area contributed by atoms with E-state index in [9.17, 15) is 4.79 Å². The van der Waals surface area contributed by atoms with Crippen LogP contribution in [0.15, 0.2) is 89.5 Å². The van der Waals surface area contributed by atoms with Crippen LogP contribution in [-0.4, -0.2) is 22.7 Å². The first kappa shape index (κ1) is 19.2. The first-order valence-electron chi connectivity index (χ1n) is 9.35.